The Morgan fingerprint density at radius 2 is 2.28 bits per heavy atom. The molecular weight excluding hydrogens is 232 g/mol. The van der Waals surface area contributed by atoms with Crippen molar-refractivity contribution < 1.29 is 9.90 Å². The quantitative estimate of drug-likeness (QED) is 0.852. The Balaban J connectivity index is 1.89. The minimum absolute atomic E-state index is 0.144. The van der Waals surface area contributed by atoms with Crippen LogP contribution in [0.15, 0.2) is 24.5 Å². The lowest BCUT2D eigenvalue weighted by molar-refractivity contribution is -0.142. The maximum atomic E-state index is 11.1. The van der Waals surface area contributed by atoms with E-state index in [1.165, 1.54) is 0 Å². The third kappa shape index (κ3) is 1.70. The van der Waals surface area contributed by atoms with E-state index in [-0.39, 0.29) is 11.8 Å². The van der Waals surface area contributed by atoms with Crippen LogP contribution in [0.3, 0.4) is 0 Å². The van der Waals surface area contributed by atoms with Crippen LogP contribution in [0.1, 0.15) is 6.92 Å². The molecule has 3 heterocycles. The molecule has 1 saturated heterocycles. The van der Waals surface area contributed by atoms with E-state index in [1.807, 2.05) is 30.2 Å². The standard InChI is InChI=1S/C12H14N4O2/c1-8-6-15(7-9(8)12(17)18)10-3-5-16-11(14-10)2-4-13-16/h2-5,8-9H,6-7H2,1H3,(H,17,18)/t8-,9-/m1/s1. The zero-order valence-electron chi connectivity index (χ0n) is 10.0. The predicted octanol–water partition coefficient (Wildman–Crippen LogP) is 0.886. The molecule has 0 radical (unpaired) electrons. The fraction of sp³-hybridized carbons (Fsp3) is 0.417. The van der Waals surface area contributed by atoms with E-state index >= 15 is 0 Å². The normalized spacial score (nSPS) is 23.7. The number of nitrogens with zero attached hydrogens (tertiary/aromatic N) is 4. The van der Waals surface area contributed by atoms with Gasteiger partial charge < -0.3 is 10.0 Å². The monoisotopic (exact) mass is 246 g/mol. The smallest absolute Gasteiger partial charge is 0.308 e. The fourth-order valence-corrected chi connectivity index (χ4v) is 2.45. The first-order valence-corrected chi connectivity index (χ1v) is 5.93. The predicted molar refractivity (Wildman–Crippen MR) is 65.5 cm³/mol. The second-order valence-electron chi connectivity index (χ2n) is 4.75. The van der Waals surface area contributed by atoms with Gasteiger partial charge in [-0.25, -0.2) is 9.50 Å². The molecule has 94 valence electrons. The van der Waals surface area contributed by atoms with Crippen LogP contribution < -0.4 is 4.90 Å². The summed E-state index contributed by atoms with van der Waals surface area (Å²) in [5.41, 5.74) is 0.777. The van der Waals surface area contributed by atoms with Gasteiger partial charge >= 0.3 is 5.97 Å². The van der Waals surface area contributed by atoms with Crippen LogP contribution >= 0.6 is 0 Å². The van der Waals surface area contributed by atoms with Crippen molar-refractivity contribution in [1.82, 2.24) is 14.6 Å². The fourth-order valence-electron chi connectivity index (χ4n) is 2.45. The first-order chi connectivity index (χ1) is 8.65. The molecular formula is C12H14N4O2. The topological polar surface area (TPSA) is 70.7 Å². The minimum Gasteiger partial charge on any atom is -0.481 e. The van der Waals surface area contributed by atoms with Crippen LogP contribution in [0.4, 0.5) is 5.82 Å². The Bertz CT molecular complexity index is 595. The van der Waals surface area contributed by atoms with Crippen LogP contribution in [0.5, 0.6) is 0 Å². The second-order valence-corrected chi connectivity index (χ2v) is 4.75. The van der Waals surface area contributed by atoms with E-state index in [4.69, 9.17) is 5.11 Å². The minimum atomic E-state index is -0.726. The molecule has 3 rings (SSSR count). The van der Waals surface area contributed by atoms with Gasteiger partial charge in [0, 0.05) is 25.4 Å². The second kappa shape index (κ2) is 3.97. The highest BCUT2D eigenvalue weighted by Crippen LogP contribution is 2.27. The molecule has 1 aliphatic rings. The Kier molecular flexibility index (Phi) is 2.43. The van der Waals surface area contributed by atoms with Crippen molar-refractivity contribution in [3.05, 3.63) is 24.5 Å². The maximum Gasteiger partial charge on any atom is 0.308 e. The van der Waals surface area contributed by atoms with E-state index in [1.54, 1.807) is 10.7 Å². The summed E-state index contributed by atoms with van der Waals surface area (Å²) in [5.74, 6) is -0.0765. The van der Waals surface area contributed by atoms with Crippen molar-refractivity contribution in [2.75, 3.05) is 18.0 Å². The summed E-state index contributed by atoms with van der Waals surface area (Å²) in [6.07, 6.45) is 3.54. The molecule has 6 heteroatoms. The molecule has 2 atom stereocenters. The molecule has 0 aliphatic carbocycles. The molecule has 1 aliphatic heterocycles. The van der Waals surface area contributed by atoms with Crippen molar-refractivity contribution >= 4 is 17.4 Å². The van der Waals surface area contributed by atoms with E-state index in [9.17, 15) is 4.79 Å². The number of rotatable bonds is 2. The molecule has 0 unspecified atom stereocenters. The number of carboxylic acids is 1. The van der Waals surface area contributed by atoms with Gasteiger partial charge in [0.1, 0.15) is 5.82 Å². The average molecular weight is 246 g/mol. The van der Waals surface area contributed by atoms with Crippen molar-refractivity contribution in [2.24, 2.45) is 11.8 Å². The molecule has 2 aromatic heterocycles. The SMILES string of the molecule is C[C@@H]1CN(c2ccn3nccc3n2)C[C@H]1C(=O)O. The molecule has 18 heavy (non-hydrogen) atoms. The van der Waals surface area contributed by atoms with Gasteiger partial charge in [0.25, 0.3) is 0 Å². The molecule has 1 fully saturated rings. The van der Waals surface area contributed by atoms with Crippen LogP contribution in [-0.2, 0) is 4.79 Å². The van der Waals surface area contributed by atoms with E-state index < -0.39 is 5.97 Å². The number of hydrogen-bond acceptors (Lipinski definition) is 4. The van der Waals surface area contributed by atoms with Gasteiger partial charge in [-0.2, -0.15) is 5.10 Å². The summed E-state index contributed by atoms with van der Waals surface area (Å²) in [5, 5.41) is 13.2. The highest BCUT2D eigenvalue weighted by Gasteiger charge is 2.35. The molecule has 0 bridgehead atoms. The van der Waals surface area contributed by atoms with Crippen molar-refractivity contribution in [3.8, 4) is 0 Å². The maximum absolute atomic E-state index is 11.1. The highest BCUT2D eigenvalue weighted by atomic mass is 16.4. The number of aliphatic carboxylic acids is 1. The lowest BCUT2D eigenvalue weighted by atomic mass is 9.99. The van der Waals surface area contributed by atoms with Gasteiger partial charge in [-0.15, -0.1) is 0 Å². The van der Waals surface area contributed by atoms with Gasteiger partial charge in [0.05, 0.1) is 12.1 Å². The van der Waals surface area contributed by atoms with E-state index in [0.29, 0.717) is 6.54 Å². The summed E-state index contributed by atoms with van der Waals surface area (Å²) in [7, 11) is 0. The van der Waals surface area contributed by atoms with Crippen molar-refractivity contribution in [1.29, 1.82) is 0 Å². The summed E-state index contributed by atoms with van der Waals surface area (Å²) < 4.78 is 1.69. The van der Waals surface area contributed by atoms with Crippen molar-refractivity contribution in [3.63, 3.8) is 0 Å². The van der Waals surface area contributed by atoms with E-state index in [2.05, 4.69) is 10.1 Å². The van der Waals surface area contributed by atoms with Gasteiger partial charge in [-0.3, -0.25) is 4.79 Å². The van der Waals surface area contributed by atoms with Gasteiger partial charge in [0.15, 0.2) is 5.65 Å². The number of anilines is 1. The molecule has 0 spiro atoms. The first kappa shape index (κ1) is 11.0. The third-order valence-electron chi connectivity index (χ3n) is 3.50. The molecule has 0 amide bonds. The number of aromatic nitrogens is 3. The van der Waals surface area contributed by atoms with Crippen LogP contribution in [0.25, 0.3) is 5.65 Å². The molecule has 6 nitrogen and oxygen atoms in total. The summed E-state index contributed by atoms with van der Waals surface area (Å²) >= 11 is 0. The van der Waals surface area contributed by atoms with E-state index in [0.717, 1.165) is 18.0 Å². The Hall–Kier alpha value is -2.11. The summed E-state index contributed by atoms with van der Waals surface area (Å²) in [4.78, 5) is 17.6. The zero-order valence-corrected chi connectivity index (χ0v) is 10.0. The van der Waals surface area contributed by atoms with Crippen LogP contribution in [-0.4, -0.2) is 38.8 Å². The van der Waals surface area contributed by atoms with Crippen molar-refractivity contribution in [2.45, 2.75) is 6.92 Å². The number of hydrogen-bond donors (Lipinski definition) is 1. The summed E-state index contributed by atoms with van der Waals surface area (Å²) in [6, 6.07) is 3.70. The molecule has 2 aromatic rings. The number of carbonyl (C=O) groups is 1. The van der Waals surface area contributed by atoms with Gasteiger partial charge in [-0.1, -0.05) is 6.92 Å². The Morgan fingerprint density at radius 1 is 1.44 bits per heavy atom. The third-order valence-corrected chi connectivity index (χ3v) is 3.50. The largest absolute Gasteiger partial charge is 0.481 e. The number of carboxylic acid groups (broad SMARTS) is 1. The summed E-state index contributed by atoms with van der Waals surface area (Å²) in [6.45, 7) is 3.22. The molecule has 0 saturated carbocycles. The lowest BCUT2D eigenvalue weighted by Gasteiger charge is -2.16. The van der Waals surface area contributed by atoms with Crippen LogP contribution in [0.2, 0.25) is 0 Å². The highest BCUT2D eigenvalue weighted by molar-refractivity contribution is 5.72. The lowest BCUT2D eigenvalue weighted by Crippen LogP contribution is -2.23. The molecule has 1 N–H and O–H groups in total. The van der Waals surface area contributed by atoms with Gasteiger partial charge in [0.2, 0.25) is 0 Å². The Morgan fingerprint density at radius 3 is 3.00 bits per heavy atom. The average Bonchev–Trinajstić information content (AvgIpc) is 2.93. The Labute approximate surface area is 104 Å². The van der Waals surface area contributed by atoms with Crippen LogP contribution in [0, 0.1) is 11.8 Å². The first-order valence-electron chi connectivity index (χ1n) is 5.93. The zero-order chi connectivity index (χ0) is 12.7. The molecule has 0 aromatic carbocycles. The van der Waals surface area contributed by atoms with Gasteiger partial charge in [-0.05, 0) is 12.0 Å². The number of fused-ring (bicyclic) bond motifs is 1.